The first-order valence-electron chi connectivity index (χ1n) is 7.88. The number of nitrogens with zero attached hydrogens (tertiary/aromatic N) is 1. The average Bonchev–Trinajstić information content (AvgIpc) is 2.86. The molecule has 4 heteroatoms. The van der Waals surface area contributed by atoms with Crippen molar-refractivity contribution in [1.82, 2.24) is 10.3 Å². The molecule has 1 unspecified atom stereocenters. The summed E-state index contributed by atoms with van der Waals surface area (Å²) in [5.41, 5.74) is 2.35. The third-order valence-corrected chi connectivity index (χ3v) is 5.81. The Kier molecular flexibility index (Phi) is 5.00. The van der Waals surface area contributed by atoms with E-state index in [1.807, 2.05) is 18.3 Å². The molecule has 0 amide bonds. The number of hydrogen-bond acceptors (Lipinski definition) is 3. The quantitative estimate of drug-likeness (QED) is 0.637. The number of aryl methyl sites for hydroxylation is 1. The Morgan fingerprint density at radius 3 is 2.65 bits per heavy atom. The number of thiophene rings is 1. The first-order valence-corrected chi connectivity index (χ1v) is 9.08. The second-order valence-electron chi connectivity index (χ2n) is 6.14. The molecule has 0 saturated carbocycles. The molecule has 120 valence electrons. The van der Waals surface area contributed by atoms with Crippen LogP contribution in [0.25, 0.3) is 10.1 Å². The van der Waals surface area contributed by atoms with Crippen molar-refractivity contribution < 1.29 is 0 Å². The summed E-state index contributed by atoms with van der Waals surface area (Å²) in [6.45, 7) is 7.32. The van der Waals surface area contributed by atoms with Crippen molar-refractivity contribution in [3.8, 4) is 0 Å². The predicted octanol–water partition coefficient (Wildman–Crippen LogP) is 5.75. The van der Waals surface area contributed by atoms with Gasteiger partial charge in [0.2, 0.25) is 0 Å². The number of fused-ring (bicyclic) bond motifs is 1. The molecular weight excluding hydrogens is 324 g/mol. The smallest absolute Gasteiger partial charge is 0.0636 e. The fraction of sp³-hybridized carbons (Fsp3) is 0.316. The van der Waals surface area contributed by atoms with Gasteiger partial charge in [0, 0.05) is 27.7 Å². The molecule has 0 aliphatic carbocycles. The molecule has 3 rings (SSSR count). The Morgan fingerprint density at radius 2 is 1.96 bits per heavy atom. The molecule has 0 aliphatic heterocycles. The van der Waals surface area contributed by atoms with E-state index in [9.17, 15) is 0 Å². The van der Waals surface area contributed by atoms with Gasteiger partial charge in [0.1, 0.15) is 0 Å². The van der Waals surface area contributed by atoms with Gasteiger partial charge in [-0.2, -0.15) is 0 Å². The van der Waals surface area contributed by atoms with Crippen molar-refractivity contribution >= 4 is 33.0 Å². The zero-order valence-corrected chi connectivity index (χ0v) is 15.2. The Balaban J connectivity index is 1.84. The largest absolute Gasteiger partial charge is 0.303 e. The molecule has 0 spiro atoms. The van der Waals surface area contributed by atoms with Crippen LogP contribution in [0.4, 0.5) is 0 Å². The lowest BCUT2D eigenvalue weighted by Crippen LogP contribution is -2.26. The second-order valence-corrected chi connectivity index (χ2v) is 7.66. The molecule has 2 aromatic heterocycles. The van der Waals surface area contributed by atoms with Crippen molar-refractivity contribution in [3.05, 3.63) is 63.8 Å². The number of hydrogen-bond donors (Lipinski definition) is 1. The van der Waals surface area contributed by atoms with Crippen molar-refractivity contribution in [2.75, 3.05) is 0 Å². The van der Waals surface area contributed by atoms with Gasteiger partial charge in [-0.1, -0.05) is 49.7 Å². The van der Waals surface area contributed by atoms with Crippen LogP contribution in [0.5, 0.6) is 0 Å². The number of halogens is 1. The number of benzene rings is 1. The number of aromatic nitrogens is 1. The van der Waals surface area contributed by atoms with E-state index in [-0.39, 0.29) is 6.04 Å². The molecule has 23 heavy (non-hydrogen) atoms. The van der Waals surface area contributed by atoms with Crippen molar-refractivity contribution in [2.24, 2.45) is 5.92 Å². The van der Waals surface area contributed by atoms with Crippen molar-refractivity contribution in [2.45, 2.75) is 33.4 Å². The lowest BCUT2D eigenvalue weighted by Gasteiger charge is -2.23. The molecule has 2 nitrogen and oxygen atoms in total. The van der Waals surface area contributed by atoms with E-state index in [2.05, 4.69) is 55.3 Å². The Hall–Kier alpha value is -1.42. The molecule has 0 saturated heterocycles. The maximum absolute atomic E-state index is 6.55. The summed E-state index contributed by atoms with van der Waals surface area (Å²) >= 11 is 8.31. The van der Waals surface area contributed by atoms with Gasteiger partial charge in [0.25, 0.3) is 0 Å². The van der Waals surface area contributed by atoms with E-state index in [4.69, 9.17) is 11.6 Å². The minimum Gasteiger partial charge on any atom is -0.303 e. The highest BCUT2D eigenvalue weighted by Crippen LogP contribution is 2.35. The highest BCUT2D eigenvalue weighted by atomic mass is 35.5. The summed E-state index contributed by atoms with van der Waals surface area (Å²) in [6, 6.07) is 12.6. The van der Waals surface area contributed by atoms with Gasteiger partial charge < -0.3 is 5.32 Å². The fourth-order valence-corrected chi connectivity index (χ4v) is 4.30. The summed E-state index contributed by atoms with van der Waals surface area (Å²) in [5.74, 6) is 0.455. The fourth-order valence-electron chi connectivity index (χ4n) is 2.85. The number of nitrogens with one attached hydrogen (secondary N) is 1. The molecule has 1 atom stereocenters. The lowest BCUT2D eigenvalue weighted by molar-refractivity contribution is 0.402. The van der Waals surface area contributed by atoms with Crippen LogP contribution < -0.4 is 5.32 Å². The third-order valence-electron chi connectivity index (χ3n) is 4.10. The predicted molar refractivity (Wildman–Crippen MR) is 100 cm³/mol. The summed E-state index contributed by atoms with van der Waals surface area (Å²) in [7, 11) is 0. The van der Waals surface area contributed by atoms with Gasteiger partial charge in [-0.3, -0.25) is 4.98 Å². The van der Waals surface area contributed by atoms with E-state index in [0.717, 1.165) is 22.6 Å². The third kappa shape index (κ3) is 3.42. The Bertz CT molecular complexity index is 810. The summed E-state index contributed by atoms with van der Waals surface area (Å²) in [4.78, 5) is 5.77. The first kappa shape index (κ1) is 16.4. The topological polar surface area (TPSA) is 24.9 Å². The van der Waals surface area contributed by atoms with Crippen LogP contribution in [-0.4, -0.2) is 4.98 Å². The van der Waals surface area contributed by atoms with Gasteiger partial charge in [0.15, 0.2) is 0 Å². The Morgan fingerprint density at radius 1 is 1.17 bits per heavy atom. The molecule has 3 aromatic rings. The second kappa shape index (κ2) is 7.00. The van der Waals surface area contributed by atoms with E-state index in [1.165, 1.54) is 15.1 Å². The lowest BCUT2D eigenvalue weighted by atomic mass is 9.97. The SMILES string of the molecule is Cc1cccnc1C(NCc1sc2ccccc2c1Cl)C(C)C. The van der Waals surface area contributed by atoms with E-state index < -0.39 is 0 Å². The minimum absolute atomic E-state index is 0.220. The molecule has 0 aliphatic rings. The van der Waals surface area contributed by atoms with Gasteiger partial charge in [-0.05, 0) is 30.5 Å². The number of rotatable bonds is 5. The van der Waals surface area contributed by atoms with Crippen LogP contribution in [-0.2, 0) is 6.54 Å². The van der Waals surface area contributed by atoms with Crippen LogP contribution >= 0.6 is 22.9 Å². The molecule has 0 fully saturated rings. The molecule has 1 aromatic carbocycles. The van der Waals surface area contributed by atoms with E-state index >= 15 is 0 Å². The van der Waals surface area contributed by atoms with Crippen LogP contribution in [0.2, 0.25) is 5.02 Å². The van der Waals surface area contributed by atoms with Crippen LogP contribution in [0.1, 0.15) is 36.0 Å². The molecule has 0 bridgehead atoms. The molecule has 2 heterocycles. The molecule has 1 N–H and O–H groups in total. The van der Waals surface area contributed by atoms with Gasteiger partial charge in [-0.15, -0.1) is 11.3 Å². The highest BCUT2D eigenvalue weighted by molar-refractivity contribution is 7.19. The standard InChI is InChI=1S/C19H21ClN2S/c1-12(2)18(19-13(3)7-6-10-21-19)22-11-16-17(20)14-8-4-5-9-15(14)23-16/h4-10,12,18,22H,11H2,1-3H3. The van der Waals surface area contributed by atoms with Crippen molar-refractivity contribution in [3.63, 3.8) is 0 Å². The summed E-state index contributed by atoms with van der Waals surface area (Å²) in [5, 5.41) is 5.68. The normalized spacial score (nSPS) is 12.9. The van der Waals surface area contributed by atoms with Crippen LogP contribution in [0.3, 0.4) is 0 Å². The van der Waals surface area contributed by atoms with Gasteiger partial charge >= 0.3 is 0 Å². The van der Waals surface area contributed by atoms with Gasteiger partial charge in [0.05, 0.1) is 16.8 Å². The zero-order valence-electron chi connectivity index (χ0n) is 13.6. The highest BCUT2D eigenvalue weighted by Gasteiger charge is 2.19. The first-order chi connectivity index (χ1) is 11.1. The number of pyridine rings is 1. The maximum atomic E-state index is 6.55. The average molecular weight is 345 g/mol. The minimum atomic E-state index is 0.220. The Labute approximate surface area is 146 Å². The molecule has 0 radical (unpaired) electrons. The van der Waals surface area contributed by atoms with Crippen LogP contribution in [0.15, 0.2) is 42.6 Å². The van der Waals surface area contributed by atoms with Crippen LogP contribution in [0, 0.1) is 12.8 Å². The van der Waals surface area contributed by atoms with E-state index in [0.29, 0.717) is 5.92 Å². The zero-order chi connectivity index (χ0) is 16.4. The van der Waals surface area contributed by atoms with Crippen molar-refractivity contribution in [1.29, 1.82) is 0 Å². The monoisotopic (exact) mass is 344 g/mol. The van der Waals surface area contributed by atoms with Gasteiger partial charge in [-0.25, -0.2) is 0 Å². The maximum Gasteiger partial charge on any atom is 0.0636 e. The summed E-state index contributed by atoms with van der Waals surface area (Å²) in [6.07, 6.45) is 1.87. The van der Waals surface area contributed by atoms with E-state index in [1.54, 1.807) is 11.3 Å². The summed E-state index contributed by atoms with van der Waals surface area (Å²) < 4.78 is 1.24. The molecular formula is C19H21ClN2S.